The first-order valence-electron chi connectivity index (χ1n) is 9.53. The van der Waals surface area contributed by atoms with E-state index in [-0.39, 0.29) is 33.0 Å². The Balaban J connectivity index is 4.18. The van der Waals surface area contributed by atoms with Crippen LogP contribution in [-0.4, -0.2) is 94.6 Å². The van der Waals surface area contributed by atoms with Gasteiger partial charge in [0.2, 0.25) is 0 Å². The highest BCUT2D eigenvalue weighted by Gasteiger charge is 2.57. The van der Waals surface area contributed by atoms with E-state index in [2.05, 4.69) is 4.74 Å². The molecule has 0 aromatic rings. The first-order chi connectivity index (χ1) is 14.5. The lowest BCUT2D eigenvalue weighted by molar-refractivity contribution is -0.298. The van der Waals surface area contributed by atoms with Crippen LogP contribution in [0.25, 0.3) is 0 Å². The fourth-order valence-corrected chi connectivity index (χ4v) is 2.03. The van der Waals surface area contributed by atoms with Gasteiger partial charge in [0.25, 0.3) is 0 Å². The lowest BCUT2D eigenvalue weighted by atomic mass is 9.94. The van der Waals surface area contributed by atoms with Gasteiger partial charge in [-0.05, 0) is 0 Å². The van der Waals surface area contributed by atoms with Crippen molar-refractivity contribution in [3.63, 3.8) is 0 Å². The predicted molar refractivity (Wildman–Crippen MR) is 95.3 cm³/mol. The van der Waals surface area contributed by atoms with Crippen molar-refractivity contribution in [2.24, 2.45) is 10.8 Å². The predicted octanol–water partition coefficient (Wildman–Crippen LogP) is 3.20. The minimum absolute atomic E-state index is 0.0212. The lowest BCUT2D eigenvalue weighted by Crippen LogP contribution is -2.42. The molecule has 0 bridgehead atoms. The maximum atomic E-state index is 12.8. The van der Waals surface area contributed by atoms with Gasteiger partial charge in [0.1, 0.15) is 6.61 Å². The molecule has 0 radical (unpaired) electrons. The molecule has 0 aliphatic carbocycles. The highest BCUT2D eigenvalue weighted by Crippen LogP contribution is 2.35. The topological polar surface area (TPSA) is 77.4 Å². The van der Waals surface area contributed by atoms with Gasteiger partial charge < -0.3 is 29.2 Å². The van der Waals surface area contributed by atoms with Crippen LogP contribution in [0.2, 0.25) is 0 Å². The minimum atomic E-state index is -5.75. The highest BCUT2D eigenvalue weighted by molar-refractivity contribution is 4.77. The molecule has 0 aromatic heterocycles. The molecule has 0 aromatic carbocycles. The van der Waals surface area contributed by atoms with E-state index in [0.717, 1.165) is 0 Å². The molecule has 2 unspecified atom stereocenters. The van der Waals surface area contributed by atoms with Crippen LogP contribution in [0.3, 0.4) is 0 Å². The summed E-state index contributed by atoms with van der Waals surface area (Å²) in [5, 5.41) is 18.8. The van der Waals surface area contributed by atoms with Gasteiger partial charge >= 0.3 is 18.3 Å². The summed E-state index contributed by atoms with van der Waals surface area (Å²) in [5.74, 6) is -5.02. The average Bonchev–Trinajstić information content (AvgIpc) is 2.66. The van der Waals surface area contributed by atoms with E-state index in [0.29, 0.717) is 0 Å². The van der Waals surface area contributed by atoms with Gasteiger partial charge in [0.05, 0.1) is 65.9 Å². The molecule has 6 nitrogen and oxygen atoms in total. The second-order valence-corrected chi connectivity index (χ2v) is 8.16. The Bertz CT molecular complexity index is 517. The summed E-state index contributed by atoms with van der Waals surface area (Å²) < 4.78 is 118. The Labute approximate surface area is 180 Å². The number of aliphatic hydroxyl groups is 2. The molecule has 2 atom stereocenters. The zero-order valence-corrected chi connectivity index (χ0v) is 17.8. The molecule has 0 aliphatic heterocycles. The summed E-state index contributed by atoms with van der Waals surface area (Å²) in [7, 11) is 0. The van der Waals surface area contributed by atoms with Crippen molar-refractivity contribution in [1.29, 1.82) is 0 Å². The van der Waals surface area contributed by atoms with Crippen LogP contribution >= 0.6 is 0 Å². The van der Waals surface area contributed by atoms with Gasteiger partial charge in [0.15, 0.2) is 0 Å². The largest absolute Gasteiger partial charge is 0.455 e. The number of hydrogen-bond donors (Lipinski definition) is 2. The van der Waals surface area contributed by atoms with Gasteiger partial charge in [-0.15, -0.1) is 0 Å². The lowest BCUT2D eigenvalue weighted by Gasteiger charge is -2.29. The summed E-state index contributed by atoms with van der Waals surface area (Å²) in [5.41, 5.74) is -2.20. The molecular weight excluding hydrogens is 464 g/mol. The SMILES string of the molecule is CC(CO)(COCCOCC(C)(CO)COCC(F)(F)C(F)(F)F)COCCC(F)(F)F. The van der Waals surface area contributed by atoms with Gasteiger partial charge in [-0.25, -0.2) is 0 Å². The van der Waals surface area contributed by atoms with Crippen molar-refractivity contribution in [3.8, 4) is 0 Å². The Morgan fingerprint density at radius 2 is 0.938 bits per heavy atom. The van der Waals surface area contributed by atoms with Crippen molar-refractivity contribution in [1.82, 2.24) is 0 Å². The van der Waals surface area contributed by atoms with E-state index >= 15 is 0 Å². The van der Waals surface area contributed by atoms with Crippen LogP contribution in [0, 0.1) is 10.8 Å². The van der Waals surface area contributed by atoms with E-state index in [9.17, 15) is 45.3 Å². The van der Waals surface area contributed by atoms with Crippen molar-refractivity contribution >= 4 is 0 Å². The standard InChI is InChI=1S/C18H30F8O6/c1-14(7-27,9-29-4-3-17(21,22)23)10-30-5-6-31-11-15(2,8-28)12-32-13-16(19,20)18(24,25)26/h27-28H,3-13H2,1-2H3. The first kappa shape index (κ1) is 31.2. The van der Waals surface area contributed by atoms with Crippen LogP contribution < -0.4 is 0 Å². The molecule has 0 heterocycles. The van der Waals surface area contributed by atoms with Gasteiger partial charge in [-0.3, -0.25) is 0 Å². The fraction of sp³-hybridized carbons (Fsp3) is 1.00. The van der Waals surface area contributed by atoms with E-state index in [1.807, 2.05) is 0 Å². The molecule has 0 fully saturated rings. The quantitative estimate of drug-likeness (QED) is 0.239. The third-order valence-corrected chi connectivity index (χ3v) is 4.17. The number of halogens is 8. The molecule has 0 spiro atoms. The molecule has 0 amide bonds. The van der Waals surface area contributed by atoms with E-state index in [4.69, 9.17) is 14.2 Å². The minimum Gasteiger partial charge on any atom is -0.396 e. The number of ether oxygens (including phenoxy) is 4. The van der Waals surface area contributed by atoms with Crippen LogP contribution in [0.15, 0.2) is 0 Å². The highest BCUT2D eigenvalue weighted by atomic mass is 19.4. The van der Waals surface area contributed by atoms with Crippen molar-refractivity contribution < 1.29 is 64.3 Å². The smallest absolute Gasteiger partial charge is 0.396 e. The third-order valence-electron chi connectivity index (χ3n) is 4.17. The van der Waals surface area contributed by atoms with E-state index in [1.54, 1.807) is 6.92 Å². The zero-order valence-electron chi connectivity index (χ0n) is 17.8. The molecular formula is C18H30F8O6. The summed E-state index contributed by atoms with van der Waals surface area (Å²) in [6.07, 6.45) is -11.2. The Morgan fingerprint density at radius 1 is 0.562 bits per heavy atom. The number of rotatable bonds is 17. The number of alkyl halides is 8. The van der Waals surface area contributed by atoms with Crippen LogP contribution in [0.4, 0.5) is 35.1 Å². The Morgan fingerprint density at radius 3 is 1.28 bits per heavy atom. The van der Waals surface area contributed by atoms with Crippen molar-refractivity contribution in [3.05, 3.63) is 0 Å². The van der Waals surface area contributed by atoms with Gasteiger partial charge in [0, 0.05) is 10.8 Å². The molecule has 32 heavy (non-hydrogen) atoms. The Hall–Kier alpha value is -0.800. The molecule has 194 valence electrons. The maximum Gasteiger partial charge on any atom is 0.455 e. The van der Waals surface area contributed by atoms with Gasteiger partial charge in [-0.2, -0.15) is 35.1 Å². The molecule has 0 aliphatic rings. The molecule has 0 saturated carbocycles. The summed E-state index contributed by atoms with van der Waals surface area (Å²) in [4.78, 5) is 0. The molecule has 0 rings (SSSR count). The van der Waals surface area contributed by atoms with E-state index in [1.165, 1.54) is 6.92 Å². The van der Waals surface area contributed by atoms with Crippen LogP contribution in [-0.2, 0) is 18.9 Å². The summed E-state index contributed by atoms with van der Waals surface area (Å²) in [6.45, 7) is -1.73. The second kappa shape index (κ2) is 13.2. The second-order valence-electron chi connectivity index (χ2n) is 8.16. The van der Waals surface area contributed by atoms with Crippen LogP contribution in [0.5, 0.6) is 0 Å². The zero-order chi connectivity index (χ0) is 25.1. The van der Waals surface area contributed by atoms with Crippen molar-refractivity contribution in [2.75, 3.05) is 66.1 Å². The van der Waals surface area contributed by atoms with E-state index < -0.39 is 68.6 Å². The molecule has 0 saturated heterocycles. The Kier molecular flexibility index (Phi) is 12.9. The average molecular weight is 494 g/mol. The molecule has 14 heteroatoms. The molecule has 2 N–H and O–H groups in total. The normalized spacial score (nSPS) is 17.2. The number of aliphatic hydroxyl groups excluding tert-OH is 2. The third kappa shape index (κ3) is 13.0. The van der Waals surface area contributed by atoms with Gasteiger partial charge in [-0.1, -0.05) is 13.8 Å². The monoisotopic (exact) mass is 494 g/mol. The fourth-order valence-electron chi connectivity index (χ4n) is 2.03. The summed E-state index contributed by atoms with van der Waals surface area (Å²) >= 11 is 0. The number of hydrogen-bond acceptors (Lipinski definition) is 6. The summed E-state index contributed by atoms with van der Waals surface area (Å²) in [6, 6.07) is 0. The van der Waals surface area contributed by atoms with Crippen LogP contribution in [0.1, 0.15) is 20.3 Å². The maximum absolute atomic E-state index is 12.8. The van der Waals surface area contributed by atoms with Crippen molar-refractivity contribution in [2.45, 2.75) is 38.5 Å². The first-order valence-corrected chi connectivity index (χ1v) is 9.53.